The molecule has 1 aliphatic carbocycles. The molecule has 0 spiro atoms. The number of imidazole rings is 1. The first-order chi connectivity index (χ1) is 14.5. The zero-order valence-electron chi connectivity index (χ0n) is 19.3. The lowest BCUT2D eigenvalue weighted by atomic mass is 9.84. The summed E-state index contributed by atoms with van der Waals surface area (Å²) < 4.78 is 12.4. The molecule has 1 aromatic heterocycles. The second-order valence-electron chi connectivity index (χ2n) is 10.1. The zero-order valence-corrected chi connectivity index (χ0v) is 19.3. The minimum absolute atomic E-state index is 0.0921. The van der Waals surface area contributed by atoms with Crippen molar-refractivity contribution in [2.45, 2.75) is 58.5 Å². The van der Waals surface area contributed by atoms with Gasteiger partial charge < -0.3 is 19.4 Å². The summed E-state index contributed by atoms with van der Waals surface area (Å²) >= 11 is 0. The molecule has 0 unspecified atom stereocenters. The van der Waals surface area contributed by atoms with Gasteiger partial charge in [0.05, 0.1) is 19.1 Å². The summed E-state index contributed by atoms with van der Waals surface area (Å²) in [6.07, 6.45) is 4.65. The highest BCUT2D eigenvalue weighted by Gasteiger charge is 2.64. The molecular formula is C24H33N3O4. The van der Waals surface area contributed by atoms with Crippen molar-refractivity contribution in [3.63, 3.8) is 0 Å². The van der Waals surface area contributed by atoms with Gasteiger partial charge in [-0.25, -0.2) is 9.78 Å². The smallest absolute Gasteiger partial charge is 0.407 e. The van der Waals surface area contributed by atoms with Gasteiger partial charge in [0.2, 0.25) is 0 Å². The molecule has 1 N–H and O–H groups in total. The number of para-hydroxylation sites is 1. The van der Waals surface area contributed by atoms with Crippen molar-refractivity contribution in [2.75, 3.05) is 13.7 Å². The quantitative estimate of drug-likeness (QED) is 0.668. The zero-order chi connectivity index (χ0) is 22.9. The molecular weight excluding hydrogens is 394 g/mol. The third kappa shape index (κ3) is 5.27. The van der Waals surface area contributed by atoms with Crippen molar-refractivity contribution < 1.29 is 19.1 Å². The maximum absolute atomic E-state index is 12.8. The molecule has 2 atom stereocenters. The average molecular weight is 428 g/mol. The van der Waals surface area contributed by atoms with E-state index in [0.29, 0.717) is 13.0 Å². The number of nitrogens with one attached hydrogen (secondary N) is 1. The normalized spacial score (nSPS) is 20.8. The summed E-state index contributed by atoms with van der Waals surface area (Å²) in [5, 5.41) is 2.85. The molecule has 0 saturated heterocycles. The molecule has 7 nitrogen and oxygen atoms in total. The number of alkyl carbamates (subject to hydrolysis) is 1. The van der Waals surface area contributed by atoms with Gasteiger partial charge in [-0.1, -0.05) is 32.0 Å². The van der Waals surface area contributed by atoms with Crippen LogP contribution in [0.3, 0.4) is 0 Å². The molecule has 1 amide bonds. The third-order valence-electron chi connectivity index (χ3n) is 5.66. The van der Waals surface area contributed by atoms with Gasteiger partial charge in [0, 0.05) is 18.4 Å². The molecule has 1 heterocycles. The second-order valence-corrected chi connectivity index (χ2v) is 10.1. The van der Waals surface area contributed by atoms with E-state index in [9.17, 15) is 9.59 Å². The van der Waals surface area contributed by atoms with E-state index in [1.165, 1.54) is 7.11 Å². The number of amides is 1. The second kappa shape index (κ2) is 8.36. The molecule has 2 aromatic rings. The molecule has 7 heteroatoms. The number of carbonyl (C=O) groups is 2. The number of ether oxygens (including phenoxy) is 2. The SMILES string of the molecule is COC(=O)[C@]1(c2cn(-c3ccccc3)cn2)C[C@@H]1CC(C)(C)CNC(=O)OC(C)(C)C. The number of methoxy groups -OCH3 is 1. The Bertz CT molecular complexity index is 930. The van der Waals surface area contributed by atoms with Gasteiger partial charge in [-0.2, -0.15) is 0 Å². The number of esters is 1. The van der Waals surface area contributed by atoms with E-state index in [1.54, 1.807) is 6.33 Å². The van der Waals surface area contributed by atoms with Crippen molar-refractivity contribution in [2.24, 2.45) is 11.3 Å². The lowest BCUT2D eigenvalue weighted by Crippen LogP contribution is -2.38. The van der Waals surface area contributed by atoms with Crippen LogP contribution >= 0.6 is 0 Å². The van der Waals surface area contributed by atoms with Crippen molar-refractivity contribution >= 4 is 12.1 Å². The van der Waals surface area contributed by atoms with Crippen LogP contribution in [0.5, 0.6) is 0 Å². The first-order valence-corrected chi connectivity index (χ1v) is 10.6. The van der Waals surface area contributed by atoms with Crippen molar-refractivity contribution in [1.82, 2.24) is 14.9 Å². The van der Waals surface area contributed by atoms with Gasteiger partial charge >= 0.3 is 12.1 Å². The highest BCUT2D eigenvalue weighted by atomic mass is 16.6. The molecule has 31 heavy (non-hydrogen) atoms. The van der Waals surface area contributed by atoms with E-state index in [1.807, 2.05) is 61.9 Å². The number of hydrogen-bond donors (Lipinski definition) is 1. The highest BCUT2D eigenvalue weighted by molar-refractivity contribution is 5.86. The molecule has 1 aromatic carbocycles. The Hall–Kier alpha value is -2.83. The first kappa shape index (κ1) is 22.8. The Morgan fingerprint density at radius 1 is 1.19 bits per heavy atom. The van der Waals surface area contributed by atoms with E-state index in [0.717, 1.165) is 17.8 Å². The minimum atomic E-state index is -0.738. The molecule has 3 rings (SSSR count). The predicted molar refractivity (Wildman–Crippen MR) is 118 cm³/mol. The third-order valence-corrected chi connectivity index (χ3v) is 5.66. The molecule has 1 aliphatic rings. The van der Waals surface area contributed by atoms with Gasteiger partial charge in [-0.15, -0.1) is 0 Å². The molecule has 1 saturated carbocycles. The lowest BCUT2D eigenvalue weighted by Gasteiger charge is -2.27. The Morgan fingerprint density at radius 3 is 2.48 bits per heavy atom. The Balaban J connectivity index is 1.71. The largest absolute Gasteiger partial charge is 0.468 e. The lowest BCUT2D eigenvalue weighted by molar-refractivity contribution is -0.144. The van der Waals surface area contributed by atoms with Gasteiger partial charge in [0.1, 0.15) is 11.0 Å². The number of hydrogen-bond acceptors (Lipinski definition) is 5. The number of benzene rings is 1. The van der Waals surface area contributed by atoms with E-state index in [2.05, 4.69) is 24.1 Å². The fourth-order valence-electron chi connectivity index (χ4n) is 4.09. The minimum Gasteiger partial charge on any atom is -0.468 e. The van der Waals surface area contributed by atoms with Crippen LogP contribution < -0.4 is 5.32 Å². The molecule has 0 radical (unpaired) electrons. The van der Waals surface area contributed by atoms with Crippen LogP contribution in [0, 0.1) is 11.3 Å². The van der Waals surface area contributed by atoms with Gasteiger partial charge in [-0.3, -0.25) is 4.79 Å². The van der Waals surface area contributed by atoms with E-state index in [-0.39, 0.29) is 17.3 Å². The molecule has 0 bridgehead atoms. The van der Waals surface area contributed by atoms with Crippen LogP contribution in [0.4, 0.5) is 4.79 Å². The summed E-state index contributed by atoms with van der Waals surface area (Å²) in [5.41, 5.74) is 0.212. The predicted octanol–water partition coefficient (Wildman–Crippen LogP) is 4.24. The van der Waals surface area contributed by atoms with Crippen LogP contribution in [0.2, 0.25) is 0 Å². The number of nitrogens with zero attached hydrogens (tertiary/aromatic N) is 2. The summed E-state index contributed by atoms with van der Waals surface area (Å²) in [7, 11) is 1.42. The number of aromatic nitrogens is 2. The van der Waals surface area contributed by atoms with Gasteiger partial charge in [0.15, 0.2) is 0 Å². The Kier molecular flexibility index (Phi) is 6.16. The summed E-state index contributed by atoms with van der Waals surface area (Å²) in [6, 6.07) is 9.87. The van der Waals surface area contributed by atoms with Crippen LogP contribution in [0.1, 0.15) is 53.2 Å². The Morgan fingerprint density at radius 2 is 1.87 bits per heavy atom. The topological polar surface area (TPSA) is 82.5 Å². The number of carbonyl (C=O) groups excluding carboxylic acids is 2. The van der Waals surface area contributed by atoms with E-state index < -0.39 is 17.1 Å². The van der Waals surface area contributed by atoms with Gasteiger partial charge in [0.25, 0.3) is 0 Å². The molecule has 0 aliphatic heterocycles. The van der Waals surface area contributed by atoms with Crippen molar-refractivity contribution in [3.05, 3.63) is 48.5 Å². The summed E-state index contributed by atoms with van der Waals surface area (Å²) in [4.78, 5) is 29.4. The Labute approximate surface area is 184 Å². The average Bonchev–Trinajstić information content (AvgIpc) is 3.18. The van der Waals surface area contributed by atoms with Crippen LogP contribution in [0.25, 0.3) is 5.69 Å². The van der Waals surface area contributed by atoms with Crippen LogP contribution in [-0.2, 0) is 19.7 Å². The first-order valence-electron chi connectivity index (χ1n) is 10.6. The maximum Gasteiger partial charge on any atom is 0.407 e. The fourth-order valence-corrected chi connectivity index (χ4v) is 4.09. The van der Waals surface area contributed by atoms with Crippen LogP contribution in [0.15, 0.2) is 42.9 Å². The summed E-state index contributed by atoms with van der Waals surface area (Å²) in [6.45, 7) is 10.1. The molecule has 168 valence electrons. The monoisotopic (exact) mass is 427 g/mol. The van der Waals surface area contributed by atoms with E-state index >= 15 is 0 Å². The highest BCUT2D eigenvalue weighted by Crippen LogP contribution is 2.58. The van der Waals surface area contributed by atoms with Crippen LogP contribution in [-0.4, -0.2) is 40.9 Å². The number of rotatable bonds is 7. The van der Waals surface area contributed by atoms with E-state index in [4.69, 9.17) is 9.47 Å². The maximum atomic E-state index is 12.8. The fraction of sp³-hybridized carbons (Fsp3) is 0.542. The molecule has 1 fully saturated rings. The van der Waals surface area contributed by atoms with Crippen molar-refractivity contribution in [3.8, 4) is 5.69 Å². The standard InChI is InChI=1S/C24H33N3O4/c1-22(2,3)31-21(29)25-15-23(4,5)12-17-13-24(17,20(28)30-6)19-14-27(16-26-19)18-10-8-7-9-11-18/h7-11,14,16-17H,12-13,15H2,1-6H3,(H,25,29)/t17-,24+/m0/s1. The summed E-state index contributed by atoms with van der Waals surface area (Å²) in [5.74, 6) is -0.166. The van der Waals surface area contributed by atoms with Crippen molar-refractivity contribution in [1.29, 1.82) is 0 Å². The van der Waals surface area contributed by atoms with Gasteiger partial charge in [-0.05, 0) is 57.1 Å².